The molecule has 6 nitrogen and oxygen atoms in total. The summed E-state index contributed by atoms with van der Waals surface area (Å²) in [6.07, 6.45) is 0. The first-order chi connectivity index (χ1) is 13.8. The van der Waals surface area contributed by atoms with E-state index in [1.807, 2.05) is 0 Å². The number of amides is 1. The summed E-state index contributed by atoms with van der Waals surface area (Å²) in [4.78, 5) is 11.9. The standard InChI is InChI=1S/C20H16ClFN2O4S/c21-14-1-5-17(6-2-14)24-29(26,27)19-11-9-18(10-12-19)28-13-20(25)23-16-7-3-15(22)4-8-16/h1-12,24H,13H2,(H,23,25). The zero-order valence-corrected chi connectivity index (χ0v) is 16.5. The van der Waals surface area contributed by atoms with Gasteiger partial charge in [-0.25, -0.2) is 12.8 Å². The lowest BCUT2D eigenvalue weighted by Crippen LogP contribution is -2.20. The van der Waals surface area contributed by atoms with Crippen molar-refractivity contribution in [1.82, 2.24) is 0 Å². The van der Waals surface area contributed by atoms with Crippen LogP contribution in [0.5, 0.6) is 5.75 Å². The predicted octanol–water partition coefficient (Wildman–Crippen LogP) is 4.30. The van der Waals surface area contributed by atoms with Crippen LogP contribution in [0.2, 0.25) is 5.02 Å². The van der Waals surface area contributed by atoms with Gasteiger partial charge in [0.25, 0.3) is 15.9 Å². The van der Waals surface area contributed by atoms with Gasteiger partial charge in [0.2, 0.25) is 0 Å². The van der Waals surface area contributed by atoms with Crippen LogP contribution in [0.15, 0.2) is 77.7 Å². The Morgan fingerprint density at radius 2 is 1.48 bits per heavy atom. The van der Waals surface area contributed by atoms with Crippen LogP contribution in [0.25, 0.3) is 0 Å². The summed E-state index contributed by atoms with van der Waals surface area (Å²) in [7, 11) is -3.78. The van der Waals surface area contributed by atoms with Crippen LogP contribution in [0, 0.1) is 5.82 Å². The third-order valence-corrected chi connectivity index (χ3v) is 5.38. The number of hydrogen-bond acceptors (Lipinski definition) is 4. The molecule has 9 heteroatoms. The van der Waals surface area contributed by atoms with E-state index in [9.17, 15) is 17.6 Å². The minimum atomic E-state index is -3.78. The first-order valence-electron chi connectivity index (χ1n) is 8.38. The van der Waals surface area contributed by atoms with Crippen molar-refractivity contribution in [2.45, 2.75) is 4.90 Å². The van der Waals surface area contributed by atoms with Crippen molar-refractivity contribution < 1.29 is 22.3 Å². The maximum absolute atomic E-state index is 12.9. The van der Waals surface area contributed by atoms with Gasteiger partial charge in [0.15, 0.2) is 6.61 Å². The highest BCUT2D eigenvalue weighted by atomic mass is 35.5. The molecular weight excluding hydrogens is 419 g/mol. The Labute approximate surface area is 172 Å². The second-order valence-electron chi connectivity index (χ2n) is 5.93. The highest BCUT2D eigenvalue weighted by molar-refractivity contribution is 7.92. The Kier molecular flexibility index (Phi) is 6.36. The van der Waals surface area contributed by atoms with Crippen molar-refractivity contribution >= 4 is 38.9 Å². The van der Waals surface area contributed by atoms with Gasteiger partial charge in [-0.05, 0) is 72.8 Å². The molecule has 1 amide bonds. The molecule has 0 atom stereocenters. The number of rotatable bonds is 7. The Morgan fingerprint density at radius 1 is 0.897 bits per heavy atom. The molecule has 29 heavy (non-hydrogen) atoms. The Balaban J connectivity index is 1.57. The van der Waals surface area contributed by atoms with Gasteiger partial charge < -0.3 is 10.1 Å². The molecule has 0 heterocycles. The van der Waals surface area contributed by atoms with Gasteiger partial charge in [-0.15, -0.1) is 0 Å². The maximum atomic E-state index is 12.9. The van der Waals surface area contributed by atoms with Crippen LogP contribution in [-0.2, 0) is 14.8 Å². The topological polar surface area (TPSA) is 84.5 Å². The van der Waals surface area contributed by atoms with Crippen molar-refractivity contribution in [3.8, 4) is 5.75 Å². The van der Waals surface area contributed by atoms with Crippen LogP contribution < -0.4 is 14.8 Å². The summed E-state index contributed by atoms with van der Waals surface area (Å²) >= 11 is 5.79. The normalized spacial score (nSPS) is 11.0. The molecule has 0 spiro atoms. The third-order valence-electron chi connectivity index (χ3n) is 3.73. The number of benzene rings is 3. The quantitative estimate of drug-likeness (QED) is 0.580. The minimum absolute atomic E-state index is 0.0376. The van der Waals surface area contributed by atoms with Crippen LogP contribution in [-0.4, -0.2) is 20.9 Å². The van der Waals surface area contributed by atoms with Crippen molar-refractivity contribution in [1.29, 1.82) is 0 Å². The van der Waals surface area contributed by atoms with E-state index in [4.69, 9.17) is 16.3 Å². The smallest absolute Gasteiger partial charge is 0.262 e. The number of anilines is 2. The molecule has 0 aliphatic rings. The Bertz CT molecular complexity index is 1090. The molecule has 0 radical (unpaired) electrons. The number of hydrogen-bond donors (Lipinski definition) is 2. The second-order valence-corrected chi connectivity index (χ2v) is 8.05. The minimum Gasteiger partial charge on any atom is -0.484 e. The second kappa shape index (κ2) is 8.93. The summed E-state index contributed by atoms with van der Waals surface area (Å²) in [5.74, 6) is -0.512. The molecule has 0 bridgehead atoms. The molecule has 3 rings (SSSR count). The van der Waals surface area contributed by atoms with Gasteiger partial charge >= 0.3 is 0 Å². The Hall–Kier alpha value is -3.10. The summed E-state index contributed by atoms with van der Waals surface area (Å²) in [5.41, 5.74) is 0.821. The van der Waals surface area contributed by atoms with Gasteiger partial charge in [0, 0.05) is 16.4 Å². The molecular formula is C20H16ClFN2O4S. The fourth-order valence-electron chi connectivity index (χ4n) is 2.33. The highest BCUT2D eigenvalue weighted by Gasteiger charge is 2.14. The molecule has 3 aromatic carbocycles. The van der Waals surface area contributed by atoms with Crippen LogP contribution >= 0.6 is 11.6 Å². The number of carbonyl (C=O) groups excluding carboxylic acids is 1. The number of carbonyl (C=O) groups is 1. The number of nitrogens with one attached hydrogen (secondary N) is 2. The van der Waals surface area contributed by atoms with Crippen molar-refractivity contribution in [3.63, 3.8) is 0 Å². The van der Waals surface area contributed by atoms with Gasteiger partial charge in [0.1, 0.15) is 11.6 Å². The SMILES string of the molecule is O=C(COc1ccc(S(=O)(=O)Nc2ccc(Cl)cc2)cc1)Nc1ccc(F)cc1. The van der Waals surface area contributed by atoms with Gasteiger partial charge in [0.05, 0.1) is 4.90 Å². The lowest BCUT2D eigenvalue weighted by molar-refractivity contribution is -0.118. The van der Waals surface area contributed by atoms with E-state index in [0.717, 1.165) is 0 Å². The predicted molar refractivity (Wildman–Crippen MR) is 109 cm³/mol. The zero-order chi connectivity index (χ0) is 20.9. The van der Waals surface area contributed by atoms with Crippen molar-refractivity contribution in [3.05, 3.63) is 83.6 Å². The number of ether oxygens (including phenoxy) is 1. The lowest BCUT2D eigenvalue weighted by atomic mass is 10.3. The van der Waals surface area contributed by atoms with E-state index >= 15 is 0 Å². The zero-order valence-electron chi connectivity index (χ0n) is 14.9. The highest BCUT2D eigenvalue weighted by Crippen LogP contribution is 2.20. The summed E-state index contributed by atoms with van der Waals surface area (Å²) in [6.45, 7) is -0.285. The largest absolute Gasteiger partial charge is 0.484 e. The molecule has 0 unspecified atom stereocenters. The molecule has 150 valence electrons. The molecule has 3 aromatic rings. The van der Waals surface area contributed by atoms with E-state index in [-0.39, 0.29) is 11.5 Å². The molecule has 0 saturated heterocycles. The van der Waals surface area contributed by atoms with E-state index in [2.05, 4.69) is 10.0 Å². The van der Waals surface area contributed by atoms with E-state index < -0.39 is 21.7 Å². The van der Waals surface area contributed by atoms with Gasteiger partial charge in [-0.3, -0.25) is 9.52 Å². The van der Waals surface area contributed by atoms with Crippen LogP contribution in [0.1, 0.15) is 0 Å². The fourth-order valence-corrected chi connectivity index (χ4v) is 3.51. The van der Waals surface area contributed by atoms with Crippen molar-refractivity contribution in [2.24, 2.45) is 0 Å². The van der Waals surface area contributed by atoms with E-state index in [0.29, 0.717) is 22.1 Å². The van der Waals surface area contributed by atoms with E-state index in [1.165, 1.54) is 48.5 Å². The van der Waals surface area contributed by atoms with Crippen LogP contribution in [0.3, 0.4) is 0 Å². The van der Waals surface area contributed by atoms with Gasteiger partial charge in [-0.2, -0.15) is 0 Å². The molecule has 0 aliphatic carbocycles. The monoisotopic (exact) mass is 434 g/mol. The number of sulfonamides is 1. The van der Waals surface area contributed by atoms with Crippen molar-refractivity contribution in [2.75, 3.05) is 16.6 Å². The average Bonchev–Trinajstić information content (AvgIpc) is 2.70. The summed E-state index contributed by atoms with van der Waals surface area (Å²) in [6, 6.07) is 17.2. The van der Waals surface area contributed by atoms with E-state index in [1.54, 1.807) is 24.3 Å². The Morgan fingerprint density at radius 3 is 2.10 bits per heavy atom. The average molecular weight is 435 g/mol. The molecule has 0 aromatic heterocycles. The fraction of sp³-hybridized carbons (Fsp3) is 0.0500. The third kappa shape index (κ3) is 5.94. The lowest BCUT2D eigenvalue weighted by Gasteiger charge is -2.10. The first-order valence-corrected chi connectivity index (χ1v) is 10.2. The van der Waals surface area contributed by atoms with Gasteiger partial charge in [-0.1, -0.05) is 11.6 Å². The molecule has 2 N–H and O–H groups in total. The molecule has 0 aliphatic heterocycles. The molecule has 0 fully saturated rings. The first kappa shape index (κ1) is 20.6. The maximum Gasteiger partial charge on any atom is 0.262 e. The molecule has 0 saturated carbocycles. The van der Waals surface area contributed by atoms with Crippen LogP contribution in [0.4, 0.5) is 15.8 Å². The summed E-state index contributed by atoms with van der Waals surface area (Å²) < 4.78 is 45.5. The summed E-state index contributed by atoms with van der Waals surface area (Å²) in [5, 5.41) is 3.06. The number of halogens is 2.